The molecule has 0 spiro atoms. The lowest BCUT2D eigenvalue weighted by molar-refractivity contribution is 0.0962. The lowest BCUT2D eigenvalue weighted by Gasteiger charge is -2.28. The molecule has 1 aliphatic carbocycles. The van der Waals surface area contributed by atoms with Gasteiger partial charge < -0.3 is 5.32 Å². The molecule has 0 aromatic heterocycles. The fourth-order valence-electron chi connectivity index (χ4n) is 15.7. The van der Waals surface area contributed by atoms with Crippen molar-refractivity contribution in [2.24, 2.45) is 60.6 Å². The topological polar surface area (TPSA) is 186 Å². The van der Waals surface area contributed by atoms with E-state index in [1.165, 1.54) is 61.7 Å². The predicted octanol–water partition coefficient (Wildman–Crippen LogP) is 37.7. The normalized spacial score (nSPS) is 14.4. The molecule has 0 aliphatic heterocycles. The largest absolute Gasteiger partial charge is 0.386 e. The van der Waals surface area contributed by atoms with Gasteiger partial charge in [-0.05, 0) is 234 Å². The standard InChI is InChI=1S/C17H24O.C17H26O.C16H27NO2S.C16H24O3S.3C14H20O.C14H22.C13H20FN/c1-12(17(2,3)4)14-7-9-15(10-8-14)16(18)11-13-5-6-13;1-12(2)11-16(18)15-9-7-14(8-10-15)13(3)17(4,5)6;1-7-17(8-2)20(18,19)15-11-9-14(10-12-15)13(3)16(4,5)6;1-6-20(18,19)11-15(17)14-9-7-13(8-10-14)12(2)16(3,4)5;3*1-10(14(3,4)5)12-6-8-13(9-7-12)11(2)15;1-6-12-7-9-13(10-8-12)11(2)14(3,4)5;1-9(13(2,3)4)10-6-7-12(15-5)11(14)8-10/h7-10,12-13H,5-6,11H2,1-4H3;7-10,12-13H,11H2,1-6H3;9-13H,7-8H2,1-6H3;7-10,12H,6,11H2,1-5H3;3*6-10H,1-5H3;7-11H,6H2,1-5H3;6-9,15H,1-5H3. The zero-order valence-electron chi connectivity index (χ0n) is 102. The van der Waals surface area contributed by atoms with Gasteiger partial charge in [-0.25, -0.2) is 21.2 Å². The third-order valence-electron chi connectivity index (χ3n) is 31.3. The summed E-state index contributed by atoms with van der Waals surface area (Å²) in [5, 5.41) is 2.83. The molecule has 1 fully saturated rings. The second-order valence-corrected chi connectivity index (χ2v) is 56.4. The minimum absolute atomic E-state index is 0.00210. The second-order valence-electron chi connectivity index (χ2n) is 52.1. The van der Waals surface area contributed by atoms with E-state index in [9.17, 15) is 50.0 Å². The number of Topliss-reactive ketones (excluding diaryl/α,β-unsaturated/α-hetero) is 6. The highest BCUT2D eigenvalue weighted by Gasteiger charge is 2.32. The number of carbonyl (C=O) groups is 6. The number of carbonyl (C=O) groups excluding carboxylic acids is 6. The Morgan fingerprint density at radius 3 is 0.740 bits per heavy atom. The minimum atomic E-state index is -3.35. The molecule has 15 heteroatoms. The van der Waals surface area contributed by atoms with Gasteiger partial charge in [0.05, 0.1) is 10.6 Å². The molecule has 150 heavy (non-hydrogen) atoms. The first kappa shape index (κ1) is 137. The molecule has 832 valence electrons. The van der Waals surface area contributed by atoms with Crippen LogP contribution in [0.4, 0.5) is 10.1 Å². The molecule has 12 nitrogen and oxygen atoms in total. The van der Waals surface area contributed by atoms with Crippen LogP contribution in [0.2, 0.25) is 0 Å². The van der Waals surface area contributed by atoms with E-state index in [1.54, 1.807) is 71.1 Å². The van der Waals surface area contributed by atoms with E-state index in [2.05, 4.69) is 360 Å². The monoisotopic (exact) mass is 2100 g/mol. The highest BCUT2D eigenvalue weighted by atomic mass is 32.2. The van der Waals surface area contributed by atoms with Crippen molar-refractivity contribution in [3.63, 3.8) is 0 Å². The van der Waals surface area contributed by atoms with Crippen molar-refractivity contribution in [3.05, 3.63) is 307 Å². The average Bonchev–Trinajstić information content (AvgIpc) is 0.862. The first-order valence-corrected chi connectivity index (χ1v) is 58.4. The molecular formula is C135H203FN2O10S2. The van der Waals surface area contributed by atoms with Gasteiger partial charge in [-0.2, -0.15) is 4.31 Å². The molecule has 9 aromatic carbocycles. The van der Waals surface area contributed by atoms with E-state index in [0.717, 1.165) is 51.8 Å². The number of hydrogen-bond donors (Lipinski definition) is 1. The Kier molecular flexibility index (Phi) is 54.0. The SMILES string of the molecule is CC(=O)c1ccc(C(C)C(C)(C)C)cc1.CC(=O)c1ccc(C(C)C(C)(C)C)cc1.CC(=O)c1ccc(C(C)C(C)(C)C)cc1.CC(C)CC(=O)c1ccc(C(C)C(C)(C)C)cc1.CC(c1ccc(C(=O)CC2CC2)cc1)C(C)(C)C.CCN(CC)S(=O)(=O)c1ccc(C(C)C(C)(C)C)cc1.CCS(=O)(=O)CC(=O)c1ccc(C(C)C(C)(C)C)cc1.CCc1ccc(C(C)C(C)(C)C)cc1.CNc1ccc(C(C)C(C)(C)C)cc1F. The van der Waals surface area contributed by atoms with Crippen molar-refractivity contribution in [1.29, 1.82) is 0 Å². The van der Waals surface area contributed by atoms with Gasteiger partial charge >= 0.3 is 0 Å². The maximum absolute atomic E-state index is 13.5. The number of anilines is 1. The lowest BCUT2D eigenvalue weighted by Crippen LogP contribution is -2.30. The van der Waals surface area contributed by atoms with Crippen molar-refractivity contribution in [2.45, 2.75) is 402 Å². The van der Waals surface area contributed by atoms with Gasteiger partial charge in [-0.15, -0.1) is 0 Å². The van der Waals surface area contributed by atoms with E-state index >= 15 is 0 Å². The van der Waals surface area contributed by atoms with E-state index in [4.69, 9.17) is 0 Å². The van der Waals surface area contributed by atoms with Gasteiger partial charge in [0.25, 0.3) is 0 Å². The second kappa shape index (κ2) is 59.3. The summed E-state index contributed by atoms with van der Waals surface area (Å²) in [5.41, 5.74) is 20.0. The zero-order valence-corrected chi connectivity index (χ0v) is 104. The average molecular weight is 2100 g/mol. The van der Waals surface area contributed by atoms with Crippen molar-refractivity contribution in [2.75, 3.05) is 37.0 Å². The number of rotatable bonds is 28. The fourth-order valence-corrected chi connectivity index (χ4v) is 17.9. The number of ketones is 6. The summed E-state index contributed by atoms with van der Waals surface area (Å²) in [6, 6.07) is 69.3. The molecule has 9 aromatic rings. The Morgan fingerprint density at radius 2 is 0.533 bits per heavy atom. The van der Waals surface area contributed by atoms with Crippen LogP contribution in [0.3, 0.4) is 0 Å². The predicted molar refractivity (Wildman–Crippen MR) is 642 cm³/mol. The maximum atomic E-state index is 13.5. The van der Waals surface area contributed by atoms with Crippen molar-refractivity contribution >= 4 is 60.2 Å². The number of sulfonamides is 1. The highest BCUT2D eigenvalue weighted by molar-refractivity contribution is 7.92. The van der Waals surface area contributed by atoms with E-state index in [1.807, 2.05) is 105 Å². The maximum Gasteiger partial charge on any atom is 0.243 e. The number of sulfone groups is 1. The van der Waals surface area contributed by atoms with Gasteiger partial charge in [0.2, 0.25) is 10.0 Å². The fraction of sp³-hybridized carbons (Fsp3) is 0.556. The summed E-state index contributed by atoms with van der Waals surface area (Å²) in [7, 11) is -4.88. The van der Waals surface area contributed by atoms with E-state index < -0.39 is 25.6 Å². The minimum Gasteiger partial charge on any atom is -0.386 e. The van der Waals surface area contributed by atoms with Crippen LogP contribution in [0.1, 0.15) is 508 Å². The molecule has 1 aliphatic rings. The van der Waals surface area contributed by atoms with Gasteiger partial charge in [0.15, 0.2) is 44.5 Å². The summed E-state index contributed by atoms with van der Waals surface area (Å²) in [6.45, 7) is 97.4. The molecule has 9 unspecified atom stereocenters. The number of nitrogens with zero attached hydrogens (tertiary/aromatic N) is 1. The molecule has 0 radical (unpaired) electrons. The molecule has 9 atom stereocenters. The Labute approximate surface area is 914 Å². The van der Waals surface area contributed by atoms with Crippen LogP contribution >= 0.6 is 0 Å². The molecular weight excluding hydrogens is 1890 g/mol. The van der Waals surface area contributed by atoms with Crippen LogP contribution in [0, 0.1) is 66.4 Å². The highest BCUT2D eigenvalue weighted by Crippen LogP contribution is 2.44. The Morgan fingerprint density at radius 1 is 0.313 bits per heavy atom. The lowest BCUT2D eigenvalue weighted by atomic mass is 9.77. The molecule has 0 amide bonds. The van der Waals surface area contributed by atoms with Gasteiger partial charge in [0, 0.05) is 72.1 Å². The van der Waals surface area contributed by atoms with Crippen molar-refractivity contribution < 1.29 is 50.0 Å². The van der Waals surface area contributed by atoms with Gasteiger partial charge in [-0.3, -0.25) is 28.8 Å². The molecule has 0 bridgehead atoms. The summed E-state index contributed by atoms with van der Waals surface area (Å²) >= 11 is 0. The Bertz CT molecular complexity index is 5590. The summed E-state index contributed by atoms with van der Waals surface area (Å²) in [6.07, 6.45) is 4.99. The number of aryl methyl sites for hydroxylation is 1. The van der Waals surface area contributed by atoms with Gasteiger partial charge in [0.1, 0.15) is 11.6 Å². The molecule has 1 saturated carbocycles. The van der Waals surface area contributed by atoms with Gasteiger partial charge in [-0.1, -0.05) is 479 Å². The first-order valence-electron chi connectivity index (χ1n) is 55.2. The number of hydrogen-bond acceptors (Lipinski definition) is 11. The van der Waals surface area contributed by atoms with Crippen LogP contribution in [0.5, 0.6) is 0 Å². The van der Waals surface area contributed by atoms with Crippen molar-refractivity contribution in [1.82, 2.24) is 4.31 Å². The number of nitrogens with one attached hydrogen (secondary N) is 1. The van der Waals surface area contributed by atoms with Crippen LogP contribution in [-0.2, 0) is 26.3 Å². The summed E-state index contributed by atoms with van der Waals surface area (Å²) in [5.74, 6) is 5.34. The molecule has 10 rings (SSSR count). The van der Waals surface area contributed by atoms with Crippen molar-refractivity contribution in [3.8, 4) is 0 Å². The molecule has 0 heterocycles. The zero-order chi connectivity index (χ0) is 116. The number of benzene rings is 9. The third kappa shape index (κ3) is 46.9. The quantitative estimate of drug-likeness (QED) is 0.0460. The first-order chi connectivity index (χ1) is 68.6. The van der Waals surface area contributed by atoms with Crippen LogP contribution in [-0.4, -0.2) is 87.5 Å². The van der Waals surface area contributed by atoms with Crippen LogP contribution in [0.15, 0.2) is 217 Å². The summed E-state index contributed by atoms with van der Waals surface area (Å²) < 4.78 is 62.8. The van der Waals surface area contributed by atoms with E-state index in [-0.39, 0.29) is 83.8 Å². The van der Waals surface area contributed by atoms with Crippen LogP contribution < -0.4 is 5.32 Å². The third-order valence-corrected chi connectivity index (χ3v) is 34.9. The smallest absolute Gasteiger partial charge is 0.243 e. The van der Waals surface area contributed by atoms with E-state index in [0.29, 0.717) is 112 Å². The Balaban J connectivity index is 0.000000571. The van der Waals surface area contributed by atoms with Crippen LogP contribution in [0.25, 0.3) is 0 Å². The summed E-state index contributed by atoms with van der Waals surface area (Å²) in [4.78, 5) is 69.6. The molecule has 0 saturated heterocycles. The Hall–Kier alpha value is -9.41. The number of halogens is 1. The molecule has 1 N–H and O–H groups in total.